The Morgan fingerprint density at radius 3 is 1.54 bits per heavy atom. The number of carbonyl (C=O) groups is 4. The van der Waals surface area contributed by atoms with Crippen LogP contribution in [0.2, 0.25) is 0 Å². The van der Waals surface area contributed by atoms with Crippen LogP contribution in [0.4, 0.5) is 0 Å². The minimum absolute atomic E-state index is 0.0315. The summed E-state index contributed by atoms with van der Waals surface area (Å²) in [7, 11) is 0. The monoisotopic (exact) mass is 905 g/mol. The van der Waals surface area contributed by atoms with Crippen LogP contribution >= 0.6 is 0 Å². The van der Waals surface area contributed by atoms with Gasteiger partial charge in [-0.1, -0.05) is 171 Å². The number of nitrogens with zero attached hydrogens (tertiary/aromatic N) is 1. The Morgan fingerprint density at radius 2 is 1.03 bits per heavy atom. The molecule has 0 saturated carbocycles. The summed E-state index contributed by atoms with van der Waals surface area (Å²) in [5.74, 6) is -0.730. The maximum atomic E-state index is 13.4. The Hall–Kier alpha value is -3.79. The molecular formula is C55H96N6O4. The summed E-state index contributed by atoms with van der Waals surface area (Å²) < 4.78 is 0. The number of benzene rings is 1. The van der Waals surface area contributed by atoms with Crippen LogP contribution in [-0.4, -0.2) is 67.6 Å². The van der Waals surface area contributed by atoms with E-state index in [1.807, 2.05) is 37.3 Å². The Labute approximate surface area is 397 Å². The van der Waals surface area contributed by atoms with Crippen molar-refractivity contribution in [3.05, 3.63) is 60.2 Å². The first-order valence-corrected chi connectivity index (χ1v) is 26.5. The zero-order valence-electron chi connectivity index (χ0n) is 41.7. The van der Waals surface area contributed by atoms with E-state index in [-0.39, 0.29) is 48.8 Å². The Kier molecular flexibility index (Phi) is 40.2. The van der Waals surface area contributed by atoms with Gasteiger partial charge in [0.2, 0.25) is 23.6 Å². The van der Waals surface area contributed by atoms with Gasteiger partial charge in [0.05, 0.1) is 12.6 Å². The lowest BCUT2D eigenvalue weighted by Crippen LogP contribution is -2.53. The van der Waals surface area contributed by atoms with E-state index in [1.165, 1.54) is 103 Å². The summed E-state index contributed by atoms with van der Waals surface area (Å²) in [4.78, 5) is 56.5. The molecule has 0 bridgehead atoms. The summed E-state index contributed by atoms with van der Waals surface area (Å²) in [5, 5.41) is 11.8. The van der Waals surface area contributed by atoms with Crippen molar-refractivity contribution in [3.63, 3.8) is 0 Å². The maximum Gasteiger partial charge on any atom is 0.244 e. The second-order valence-electron chi connectivity index (χ2n) is 18.3. The van der Waals surface area contributed by atoms with Gasteiger partial charge in [-0.2, -0.15) is 0 Å². The molecule has 0 saturated heterocycles. The van der Waals surface area contributed by atoms with E-state index in [4.69, 9.17) is 5.73 Å². The third-order valence-electron chi connectivity index (χ3n) is 11.8. The van der Waals surface area contributed by atoms with Crippen LogP contribution in [0, 0.1) is 0 Å². The number of amides is 4. The zero-order chi connectivity index (χ0) is 47.3. The Bertz CT molecular complexity index is 1400. The van der Waals surface area contributed by atoms with Crippen molar-refractivity contribution in [2.75, 3.05) is 19.6 Å². The SMILES string of the molecule is CCCCCCCC/C=C\CCCCCCCC(=O)NCC(NC(=O)CCCCCCC/C=C\CCCCCCCC)C(=O)NCC/N=C\C(Cc1ccccc1)NC(=O)CCC(C)N. The fourth-order valence-corrected chi connectivity index (χ4v) is 7.71. The van der Waals surface area contributed by atoms with Gasteiger partial charge < -0.3 is 27.0 Å². The molecule has 0 fully saturated rings. The lowest BCUT2D eigenvalue weighted by atomic mass is 10.1. The van der Waals surface area contributed by atoms with Crippen LogP contribution in [0.3, 0.4) is 0 Å². The van der Waals surface area contributed by atoms with E-state index in [1.54, 1.807) is 6.21 Å². The first-order chi connectivity index (χ1) is 31.7. The predicted molar refractivity (Wildman–Crippen MR) is 275 cm³/mol. The highest BCUT2D eigenvalue weighted by Gasteiger charge is 2.21. The van der Waals surface area contributed by atoms with Crippen molar-refractivity contribution in [1.82, 2.24) is 21.3 Å². The normalized spacial score (nSPS) is 13.0. The highest BCUT2D eigenvalue weighted by atomic mass is 16.2. The highest BCUT2D eigenvalue weighted by molar-refractivity contribution is 5.88. The van der Waals surface area contributed by atoms with Gasteiger partial charge >= 0.3 is 0 Å². The topological polar surface area (TPSA) is 155 Å². The third-order valence-corrected chi connectivity index (χ3v) is 11.8. The molecule has 0 aliphatic rings. The van der Waals surface area contributed by atoms with Gasteiger partial charge in [0.1, 0.15) is 6.04 Å². The van der Waals surface area contributed by atoms with Gasteiger partial charge in [-0.3, -0.25) is 24.2 Å². The van der Waals surface area contributed by atoms with E-state index >= 15 is 0 Å². The van der Waals surface area contributed by atoms with Crippen molar-refractivity contribution in [1.29, 1.82) is 0 Å². The molecule has 10 nitrogen and oxygen atoms in total. The van der Waals surface area contributed by atoms with Crippen molar-refractivity contribution in [2.24, 2.45) is 10.7 Å². The molecule has 65 heavy (non-hydrogen) atoms. The van der Waals surface area contributed by atoms with E-state index in [9.17, 15) is 19.2 Å². The molecule has 1 aromatic rings. The predicted octanol–water partition coefficient (Wildman–Crippen LogP) is 11.7. The number of allylic oxidation sites excluding steroid dienone is 4. The van der Waals surface area contributed by atoms with Crippen LogP contribution in [0.15, 0.2) is 59.6 Å². The molecule has 6 N–H and O–H groups in total. The van der Waals surface area contributed by atoms with Crippen LogP contribution < -0.4 is 27.0 Å². The van der Waals surface area contributed by atoms with Gasteiger partial charge in [0.15, 0.2) is 0 Å². The second kappa shape index (κ2) is 44.1. The molecule has 0 aromatic heterocycles. The number of rotatable bonds is 44. The second-order valence-corrected chi connectivity index (χ2v) is 18.3. The minimum atomic E-state index is -0.886. The number of unbranched alkanes of at least 4 members (excludes halogenated alkanes) is 22. The standard InChI is InChI=1S/C55H96N6O4/c1-4-6-8-10-12-14-16-18-20-22-24-26-28-30-35-39-52(62)59-47-51(61-53(63)40-36-31-29-27-25-23-21-19-17-15-13-11-9-7-5-2)55(65)58-44-43-57-46-50(45-49-37-33-32-34-38-49)60-54(64)42-41-48(3)56/h18-21,32-34,37-38,46,48,50-51H,4-17,22-31,35-36,39-45,47,56H2,1-3H3,(H,58,65)(H,59,62)(H,60,64)(H,61,63)/b20-18-,21-19-,57-46-. The first kappa shape index (κ1) is 59.2. The molecule has 0 aliphatic heterocycles. The number of nitrogens with two attached hydrogens (primary N) is 1. The van der Waals surface area contributed by atoms with E-state index < -0.39 is 6.04 Å². The average molecular weight is 905 g/mol. The quantitative estimate of drug-likeness (QED) is 0.0251. The largest absolute Gasteiger partial charge is 0.353 e. The minimum Gasteiger partial charge on any atom is -0.353 e. The summed E-state index contributed by atoms with van der Waals surface area (Å²) in [6.07, 6.45) is 44.3. The summed E-state index contributed by atoms with van der Waals surface area (Å²) >= 11 is 0. The van der Waals surface area contributed by atoms with Gasteiger partial charge in [-0.25, -0.2) is 0 Å². The smallest absolute Gasteiger partial charge is 0.244 e. The molecule has 0 aliphatic carbocycles. The molecule has 0 radical (unpaired) electrons. The van der Waals surface area contributed by atoms with Crippen molar-refractivity contribution < 1.29 is 19.2 Å². The number of carbonyl (C=O) groups excluding carboxylic acids is 4. The molecule has 0 spiro atoms. The lowest BCUT2D eigenvalue weighted by Gasteiger charge is -2.19. The van der Waals surface area contributed by atoms with Crippen LogP contribution in [-0.2, 0) is 25.6 Å². The summed E-state index contributed by atoms with van der Waals surface area (Å²) in [5.41, 5.74) is 6.93. The first-order valence-electron chi connectivity index (χ1n) is 26.5. The number of nitrogens with one attached hydrogen (secondary N) is 4. The third kappa shape index (κ3) is 39.1. The van der Waals surface area contributed by atoms with Crippen LogP contribution in [0.5, 0.6) is 0 Å². The van der Waals surface area contributed by atoms with Gasteiger partial charge in [-0.05, 0) is 89.5 Å². The Morgan fingerprint density at radius 1 is 0.569 bits per heavy atom. The van der Waals surface area contributed by atoms with Gasteiger partial charge in [-0.15, -0.1) is 0 Å². The molecule has 10 heteroatoms. The molecule has 1 rings (SSSR count). The van der Waals surface area contributed by atoms with Crippen molar-refractivity contribution >= 4 is 29.8 Å². The van der Waals surface area contributed by atoms with E-state index in [0.717, 1.165) is 69.8 Å². The summed E-state index contributed by atoms with van der Waals surface area (Å²) in [6.45, 7) is 6.97. The van der Waals surface area contributed by atoms with Crippen molar-refractivity contribution in [2.45, 2.75) is 238 Å². The number of hydrogen-bond donors (Lipinski definition) is 5. The number of aliphatic imine (C=N–C) groups is 1. The lowest BCUT2D eigenvalue weighted by molar-refractivity contribution is -0.129. The molecule has 4 amide bonds. The fourth-order valence-electron chi connectivity index (χ4n) is 7.71. The molecule has 0 heterocycles. The molecular weight excluding hydrogens is 809 g/mol. The molecule has 1 aromatic carbocycles. The Balaban J connectivity index is 2.55. The van der Waals surface area contributed by atoms with E-state index in [2.05, 4.69) is 64.4 Å². The van der Waals surface area contributed by atoms with Crippen molar-refractivity contribution in [3.8, 4) is 0 Å². The molecule has 3 atom stereocenters. The van der Waals surface area contributed by atoms with Gasteiger partial charge in [0, 0.05) is 44.6 Å². The van der Waals surface area contributed by atoms with Gasteiger partial charge in [0.25, 0.3) is 0 Å². The average Bonchev–Trinajstić information content (AvgIpc) is 3.29. The highest BCUT2D eigenvalue weighted by Crippen LogP contribution is 2.12. The fraction of sp³-hybridized carbons (Fsp3) is 0.727. The maximum absolute atomic E-state index is 13.4. The number of hydrogen-bond acceptors (Lipinski definition) is 6. The molecule has 3 unspecified atom stereocenters. The summed E-state index contributed by atoms with van der Waals surface area (Å²) in [6, 6.07) is 8.65. The molecule has 370 valence electrons. The van der Waals surface area contributed by atoms with Crippen LogP contribution in [0.1, 0.15) is 219 Å². The zero-order valence-corrected chi connectivity index (χ0v) is 41.7. The van der Waals surface area contributed by atoms with E-state index in [0.29, 0.717) is 38.6 Å². The van der Waals surface area contributed by atoms with Crippen LogP contribution in [0.25, 0.3) is 0 Å².